The van der Waals surface area contributed by atoms with Crippen LogP contribution in [0.3, 0.4) is 0 Å². The fourth-order valence-electron chi connectivity index (χ4n) is 4.00. The van der Waals surface area contributed by atoms with Crippen LogP contribution in [-0.2, 0) is 16.0 Å². The Bertz CT molecular complexity index is 698. The van der Waals surface area contributed by atoms with E-state index in [0.29, 0.717) is 5.69 Å². The lowest BCUT2D eigenvalue weighted by atomic mass is 9.91. The van der Waals surface area contributed by atoms with Gasteiger partial charge in [-0.3, -0.25) is 9.69 Å². The number of carbonyl (C=O) groups is 2. The number of amides is 1. The van der Waals surface area contributed by atoms with E-state index in [9.17, 15) is 9.59 Å². The summed E-state index contributed by atoms with van der Waals surface area (Å²) in [6, 6.07) is 5.27. The first-order valence-electron chi connectivity index (χ1n) is 8.73. The lowest BCUT2D eigenvalue weighted by molar-refractivity contribution is -0.125. The van der Waals surface area contributed by atoms with Crippen molar-refractivity contribution in [2.75, 3.05) is 5.73 Å². The lowest BCUT2D eigenvalue weighted by Crippen LogP contribution is -2.51. The van der Waals surface area contributed by atoms with Gasteiger partial charge in [0, 0.05) is 22.6 Å². The molecule has 0 aromatic heterocycles. The fraction of sp³-hybridized carbons (Fsp3) is 0.579. The maximum absolute atomic E-state index is 13.0. The zero-order valence-corrected chi connectivity index (χ0v) is 16.5. The van der Waals surface area contributed by atoms with Crippen LogP contribution in [0.4, 0.5) is 10.5 Å². The molecule has 3 rings (SSSR count). The first-order chi connectivity index (χ1) is 11.7. The number of fused-ring (bicyclic) bond motifs is 2. The van der Waals surface area contributed by atoms with Crippen LogP contribution in [0.15, 0.2) is 22.7 Å². The number of benzene rings is 1. The number of ketones is 1. The molecule has 2 bridgehead atoms. The van der Waals surface area contributed by atoms with Crippen molar-refractivity contribution in [3.63, 3.8) is 0 Å². The highest BCUT2D eigenvalue weighted by molar-refractivity contribution is 9.10. The summed E-state index contributed by atoms with van der Waals surface area (Å²) in [5.74, 6) is 0.286. The second kappa shape index (κ2) is 6.63. The molecule has 1 aliphatic carbocycles. The summed E-state index contributed by atoms with van der Waals surface area (Å²) in [6.07, 6.45) is 2.71. The number of Topliss-reactive ketones (excluding diaryl/α,β-unsaturated/α-hetero) is 1. The summed E-state index contributed by atoms with van der Waals surface area (Å²) in [7, 11) is 0. The Balaban J connectivity index is 1.78. The van der Waals surface area contributed by atoms with E-state index < -0.39 is 11.6 Å². The number of hydrogen-bond acceptors (Lipinski definition) is 4. The third-order valence-electron chi connectivity index (χ3n) is 4.99. The van der Waals surface area contributed by atoms with Crippen LogP contribution in [0.2, 0.25) is 0 Å². The van der Waals surface area contributed by atoms with Gasteiger partial charge in [-0.15, -0.1) is 0 Å². The molecule has 2 N–H and O–H groups in total. The lowest BCUT2D eigenvalue weighted by Gasteiger charge is -2.35. The van der Waals surface area contributed by atoms with Gasteiger partial charge < -0.3 is 10.5 Å². The number of ether oxygens (including phenoxy) is 1. The van der Waals surface area contributed by atoms with Crippen molar-refractivity contribution >= 4 is 33.5 Å². The van der Waals surface area contributed by atoms with Crippen molar-refractivity contribution < 1.29 is 14.3 Å². The summed E-state index contributed by atoms with van der Waals surface area (Å²) >= 11 is 3.38. The van der Waals surface area contributed by atoms with Gasteiger partial charge in [-0.25, -0.2) is 4.79 Å². The van der Waals surface area contributed by atoms with E-state index >= 15 is 0 Å². The largest absolute Gasteiger partial charge is 0.444 e. The summed E-state index contributed by atoms with van der Waals surface area (Å²) in [5.41, 5.74) is 6.87. The van der Waals surface area contributed by atoms with E-state index in [2.05, 4.69) is 15.9 Å². The molecular formula is C19H25BrN2O3. The predicted molar refractivity (Wildman–Crippen MR) is 100 cm³/mol. The number of rotatable bonds is 3. The zero-order valence-electron chi connectivity index (χ0n) is 14.9. The second-order valence-electron chi connectivity index (χ2n) is 8.05. The molecule has 1 amide bonds. The molecule has 0 radical (unpaired) electrons. The van der Waals surface area contributed by atoms with E-state index in [4.69, 9.17) is 10.5 Å². The second-order valence-corrected chi connectivity index (χ2v) is 8.96. The maximum Gasteiger partial charge on any atom is 0.411 e. The quantitative estimate of drug-likeness (QED) is 0.768. The van der Waals surface area contributed by atoms with Gasteiger partial charge in [0.2, 0.25) is 0 Å². The molecule has 1 saturated carbocycles. The van der Waals surface area contributed by atoms with E-state index in [0.717, 1.165) is 29.3 Å². The molecule has 136 valence electrons. The van der Waals surface area contributed by atoms with Crippen LogP contribution in [0.1, 0.15) is 45.6 Å². The van der Waals surface area contributed by atoms with Gasteiger partial charge in [0.05, 0.1) is 6.04 Å². The van der Waals surface area contributed by atoms with E-state index in [-0.39, 0.29) is 30.3 Å². The highest BCUT2D eigenvalue weighted by Crippen LogP contribution is 2.43. The minimum Gasteiger partial charge on any atom is -0.444 e. The van der Waals surface area contributed by atoms with Gasteiger partial charge in [-0.1, -0.05) is 22.0 Å². The molecule has 1 heterocycles. The van der Waals surface area contributed by atoms with E-state index in [1.165, 1.54) is 0 Å². The Morgan fingerprint density at radius 3 is 2.68 bits per heavy atom. The maximum atomic E-state index is 13.0. The van der Waals surface area contributed by atoms with Gasteiger partial charge >= 0.3 is 6.09 Å². The van der Waals surface area contributed by atoms with Crippen LogP contribution >= 0.6 is 15.9 Å². The molecule has 1 saturated heterocycles. The Kier molecular flexibility index (Phi) is 4.84. The Hall–Kier alpha value is -1.56. The average molecular weight is 409 g/mol. The number of nitrogens with two attached hydrogens (primary N) is 1. The van der Waals surface area contributed by atoms with Crippen LogP contribution in [0.25, 0.3) is 0 Å². The van der Waals surface area contributed by atoms with Gasteiger partial charge in [0.25, 0.3) is 0 Å². The molecule has 0 spiro atoms. The third-order valence-corrected chi connectivity index (χ3v) is 5.49. The number of carbonyl (C=O) groups excluding carboxylic acids is 2. The molecule has 2 fully saturated rings. The predicted octanol–water partition coefficient (Wildman–Crippen LogP) is 3.93. The van der Waals surface area contributed by atoms with Crippen LogP contribution in [-0.4, -0.2) is 34.5 Å². The molecule has 0 unspecified atom stereocenters. The first kappa shape index (κ1) is 18.2. The van der Waals surface area contributed by atoms with Gasteiger partial charge in [-0.2, -0.15) is 0 Å². The van der Waals surface area contributed by atoms with Crippen molar-refractivity contribution in [2.45, 2.75) is 64.1 Å². The van der Waals surface area contributed by atoms with Gasteiger partial charge in [0.1, 0.15) is 5.60 Å². The average Bonchev–Trinajstić information content (AvgIpc) is 3.09. The number of anilines is 1. The molecule has 1 aliphatic heterocycles. The number of nitrogens with zero attached hydrogens (tertiary/aromatic N) is 1. The number of likely N-dealkylation sites (tertiary alicyclic amines) is 1. The minimum absolute atomic E-state index is 0.0482. The summed E-state index contributed by atoms with van der Waals surface area (Å²) in [4.78, 5) is 27.3. The number of halogens is 1. The smallest absolute Gasteiger partial charge is 0.411 e. The molecule has 25 heavy (non-hydrogen) atoms. The van der Waals surface area contributed by atoms with Crippen LogP contribution < -0.4 is 5.73 Å². The number of piperidine rings is 1. The standard InChI is InChI=1S/C19H25BrN2O3/c1-19(2,3)25-18(24)22-14-7-5-12(8-14)17(22)16(23)9-11-4-6-13(20)10-15(11)21/h4,6,10,12,14,17H,5,7-9,21H2,1-3H3/t12-,14+,17-/m0/s1. The van der Waals surface area contributed by atoms with Crippen LogP contribution in [0.5, 0.6) is 0 Å². The van der Waals surface area contributed by atoms with Crippen LogP contribution in [0, 0.1) is 5.92 Å². The molecule has 5 nitrogen and oxygen atoms in total. The third kappa shape index (κ3) is 3.84. The highest BCUT2D eigenvalue weighted by Gasteiger charge is 2.52. The SMILES string of the molecule is CC(C)(C)OC(=O)N1[C@@H]2CC[C@@H](C2)[C@H]1C(=O)Cc1ccc(Br)cc1N. The Morgan fingerprint density at radius 2 is 2.04 bits per heavy atom. The van der Waals surface area contributed by atoms with Crippen molar-refractivity contribution in [1.82, 2.24) is 4.90 Å². The molecule has 6 heteroatoms. The minimum atomic E-state index is -0.567. The molecule has 1 aromatic carbocycles. The van der Waals surface area contributed by atoms with Crippen molar-refractivity contribution in [3.05, 3.63) is 28.2 Å². The molecule has 1 aromatic rings. The van der Waals surface area contributed by atoms with Crippen molar-refractivity contribution in [2.24, 2.45) is 5.92 Å². The Morgan fingerprint density at radius 1 is 1.32 bits per heavy atom. The highest BCUT2D eigenvalue weighted by atomic mass is 79.9. The zero-order chi connectivity index (χ0) is 18.4. The number of hydrogen-bond donors (Lipinski definition) is 1. The van der Waals surface area contributed by atoms with E-state index in [1.54, 1.807) is 11.0 Å². The van der Waals surface area contributed by atoms with Gasteiger partial charge in [0.15, 0.2) is 5.78 Å². The van der Waals surface area contributed by atoms with Crippen molar-refractivity contribution in [1.29, 1.82) is 0 Å². The summed E-state index contributed by atoms with van der Waals surface area (Å²) in [6.45, 7) is 5.54. The summed E-state index contributed by atoms with van der Waals surface area (Å²) in [5, 5.41) is 0. The molecule has 3 atom stereocenters. The normalized spacial score (nSPS) is 25.3. The fourth-order valence-corrected chi connectivity index (χ4v) is 4.38. The topological polar surface area (TPSA) is 72.6 Å². The van der Waals surface area contributed by atoms with Gasteiger partial charge in [-0.05, 0) is 63.6 Å². The van der Waals surface area contributed by atoms with Crippen molar-refractivity contribution in [3.8, 4) is 0 Å². The molecular weight excluding hydrogens is 384 g/mol. The molecule has 2 aliphatic rings. The summed E-state index contributed by atoms with van der Waals surface area (Å²) < 4.78 is 6.43. The number of nitrogen functional groups attached to an aromatic ring is 1. The van der Waals surface area contributed by atoms with E-state index in [1.807, 2.05) is 32.9 Å². The first-order valence-corrected chi connectivity index (χ1v) is 9.53. The Labute approximate surface area is 157 Å². The monoisotopic (exact) mass is 408 g/mol.